The fourth-order valence-corrected chi connectivity index (χ4v) is 1.28. The normalized spacial score (nSPS) is 9.64. The quantitative estimate of drug-likeness (QED) is 0.610. The summed E-state index contributed by atoms with van der Waals surface area (Å²) >= 11 is 3.93. The van der Waals surface area contributed by atoms with Crippen LogP contribution in [0.5, 0.6) is 11.5 Å². The van der Waals surface area contributed by atoms with Crippen LogP contribution in [0.4, 0.5) is 0 Å². The molecule has 0 N–H and O–H groups in total. The third-order valence-electron chi connectivity index (χ3n) is 1.85. The van der Waals surface area contributed by atoms with E-state index < -0.39 is 0 Å². The highest BCUT2D eigenvalue weighted by atomic mass is 32.1. The topological polar surface area (TPSA) is 35.5 Å². The first kappa shape index (κ1) is 10.9. The second-order valence-electron chi connectivity index (χ2n) is 2.65. The van der Waals surface area contributed by atoms with Crippen LogP contribution >= 0.6 is 12.6 Å². The minimum absolute atomic E-state index is 0.0622. The zero-order chi connectivity index (χ0) is 10.6. The van der Waals surface area contributed by atoms with Gasteiger partial charge in [0.05, 0.1) is 25.5 Å². The fraction of sp³-hybridized carbons (Fsp3) is 0.300. The summed E-state index contributed by atoms with van der Waals surface area (Å²) < 4.78 is 10.1. The molecule has 0 saturated carbocycles. The lowest BCUT2D eigenvalue weighted by molar-refractivity contribution is 0.102. The Balaban J connectivity index is 3.11. The molecule has 0 aliphatic rings. The average Bonchev–Trinajstić information content (AvgIpc) is 2.27. The zero-order valence-corrected chi connectivity index (χ0v) is 9.01. The van der Waals surface area contributed by atoms with Gasteiger partial charge in [0.25, 0.3) is 0 Å². The van der Waals surface area contributed by atoms with E-state index in [4.69, 9.17) is 9.47 Å². The second kappa shape index (κ2) is 4.91. The summed E-state index contributed by atoms with van der Waals surface area (Å²) in [6, 6.07) is 5.08. The van der Waals surface area contributed by atoms with Crippen molar-refractivity contribution >= 4 is 18.4 Å². The van der Waals surface area contributed by atoms with E-state index in [1.54, 1.807) is 25.3 Å². The Kier molecular flexibility index (Phi) is 3.83. The van der Waals surface area contributed by atoms with Gasteiger partial charge in [0.15, 0.2) is 5.78 Å². The van der Waals surface area contributed by atoms with Gasteiger partial charge in [-0.05, 0) is 12.1 Å². The van der Waals surface area contributed by atoms with Crippen molar-refractivity contribution in [2.45, 2.75) is 0 Å². The number of Topliss-reactive ketones (excluding diaryl/α,β-unsaturated/α-hetero) is 1. The van der Waals surface area contributed by atoms with Gasteiger partial charge in [0, 0.05) is 6.07 Å². The van der Waals surface area contributed by atoms with Crippen molar-refractivity contribution in [2.75, 3.05) is 20.0 Å². The van der Waals surface area contributed by atoms with Gasteiger partial charge in [-0.15, -0.1) is 0 Å². The molecule has 0 aliphatic carbocycles. The molecule has 0 saturated heterocycles. The molecule has 0 atom stereocenters. The van der Waals surface area contributed by atoms with Gasteiger partial charge in [-0.25, -0.2) is 0 Å². The summed E-state index contributed by atoms with van der Waals surface area (Å²) in [4.78, 5) is 11.4. The van der Waals surface area contributed by atoms with E-state index in [0.29, 0.717) is 17.1 Å². The van der Waals surface area contributed by atoms with Crippen LogP contribution in [0.15, 0.2) is 18.2 Å². The maximum atomic E-state index is 11.4. The van der Waals surface area contributed by atoms with E-state index in [1.165, 1.54) is 7.11 Å². The maximum Gasteiger partial charge on any atom is 0.176 e. The number of hydrogen-bond acceptors (Lipinski definition) is 4. The summed E-state index contributed by atoms with van der Waals surface area (Å²) in [6.45, 7) is 0. The lowest BCUT2D eigenvalue weighted by atomic mass is 10.1. The molecular weight excluding hydrogens is 200 g/mol. The highest BCUT2D eigenvalue weighted by molar-refractivity contribution is 7.81. The molecule has 0 fully saturated rings. The lowest BCUT2D eigenvalue weighted by Crippen LogP contribution is -2.03. The molecule has 0 aliphatic heterocycles. The summed E-state index contributed by atoms with van der Waals surface area (Å²) in [5.41, 5.74) is 0.531. The summed E-state index contributed by atoms with van der Waals surface area (Å²) in [5.74, 6) is 1.29. The Labute approximate surface area is 88.4 Å². The Morgan fingerprint density at radius 1 is 1.36 bits per heavy atom. The standard InChI is InChI=1S/C10H12O3S/c1-12-7-3-4-8(9(11)6-14)10(5-7)13-2/h3-5,14H,6H2,1-2H3. The van der Waals surface area contributed by atoms with Gasteiger partial charge in [-0.1, -0.05) is 0 Å². The smallest absolute Gasteiger partial charge is 0.176 e. The van der Waals surface area contributed by atoms with Crippen molar-refractivity contribution in [3.8, 4) is 11.5 Å². The summed E-state index contributed by atoms with van der Waals surface area (Å²) in [6.07, 6.45) is 0. The van der Waals surface area contributed by atoms with Gasteiger partial charge < -0.3 is 9.47 Å². The molecule has 0 amide bonds. The molecule has 3 nitrogen and oxygen atoms in total. The SMILES string of the molecule is COc1ccc(C(=O)CS)c(OC)c1. The number of carbonyl (C=O) groups is 1. The van der Waals surface area contributed by atoms with Crippen molar-refractivity contribution in [2.24, 2.45) is 0 Å². The van der Waals surface area contributed by atoms with E-state index >= 15 is 0 Å². The van der Waals surface area contributed by atoms with Crippen molar-refractivity contribution < 1.29 is 14.3 Å². The number of methoxy groups -OCH3 is 2. The third kappa shape index (κ3) is 2.20. The van der Waals surface area contributed by atoms with Crippen molar-refractivity contribution in [1.82, 2.24) is 0 Å². The van der Waals surface area contributed by atoms with Gasteiger partial charge in [-0.3, -0.25) is 4.79 Å². The summed E-state index contributed by atoms with van der Waals surface area (Å²) in [7, 11) is 3.08. The van der Waals surface area contributed by atoms with Gasteiger partial charge in [0.1, 0.15) is 11.5 Å². The van der Waals surface area contributed by atoms with Crippen LogP contribution in [-0.2, 0) is 0 Å². The molecule has 0 unspecified atom stereocenters. The van der Waals surface area contributed by atoms with Crippen LogP contribution in [0.2, 0.25) is 0 Å². The molecular formula is C10H12O3S. The van der Waals surface area contributed by atoms with Crippen LogP contribution in [0.25, 0.3) is 0 Å². The van der Waals surface area contributed by atoms with Crippen LogP contribution in [0.3, 0.4) is 0 Å². The number of thiol groups is 1. The Hall–Kier alpha value is -1.16. The Morgan fingerprint density at radius 3 is 2.57 bits per heavy atom. The number of benzene rings is 1. The largest absolute Gasteiger partial charge is 0.497 e. The van der Waals surface area contributed by atoms with Crippen LogP contribution in [-0.4, -0.2) is 25.8 Å². The highest BCUT2D eigenvalue weighted by Crippen LogP contribution is 2.24. The maximum absolute atomic E-state index is 11.4. The number of rotatable bonds is 4. The predicted molar refractivity (Wildman–Crippen MR) is 57.7 cm³/mol. The van der Waals surface area contributed by atoms with Crippen molar-refractivity contribution in [3.05, 3.63) is 23.8 Å². The number of carbonyl (C=O) groups excluding carboxylic acids is 1. The minimum atomic E-state index is -0.0622. The lowest BCUT2D eigenvalue weighted by Gasteiger charge is -2.08. The van der Waals surface area contributed by atoms with E-state index in [9.17, 15) is 4.79 Å². The zero-order valence-electron chi connectivity index (χ0n) is 8.11. The first-order valence-corrected chi connectivity index (χ1v) is 4.72. The van der Waals surface area contributed by atoms with Gasteiger partial charge in [0.2, 0.25) is 0 Å². The van der Waals surface area contributed by atoms with Crippen LogP contribution < -0.4 is 9.47 Å². The van der Waals surface area contributed by atoms with Gasteiger partial charge in [-0.2, -0.15) is 12.6 Å². The van der Waals surface area contributed by atoms with Crippen LogP contribution in [0.1, 0.15) is 10.4 Å². The molecule has 0 heterocycles. The fourth-order valence-electron chi connectivity index (χ4n) is 1.11. The van der Waals surface area contributed by atoms with E-state index in [2.05, 4.69) is 12.6 Å². The average molecular weight is 212 g/mol. The number of hydrogen-bond donors (Lipinski definition) is 1. The number of ketones is 1. The van der Waals surface area contributed by atoms with E-state index in [1.807, 2.05) is 0 Å². The van der Waals surface area contributed by atoms with E-state index in [0.717, 1.165) is 0 Å². The molecule has 0 aromatic heterocycles. The molecule has 14 heavy (non-hydrogen) atoms. The Morgan fingerprint density at radius 2 is 2.07 bits per heavy atom. The van der Waals surface area contributed by atoms with Crippen molar-refractivity contribution in [1.29, 1.82) is 0 Å². The minimum Gasteiger partial charge on any atom is -0.497 e. The molecule has 0 bridgehead atoms. The Bertz CT molecular complexity index is 336. The summed E-state index contributed by atoms with van der Waals surface area (Å²) in [5, 5.41) is 0. The first-order chi connectivity index (χ1) is 6.72. The number of ether oxygens (including phenoxy) is 2. The first-order valence-electron chi connectivity index (χ1n) is 4.09. The monoisotopic (exact) mass is 212 g/mol. The molecule has 76 valence electrons. The second-order valence-corrected chi connectivity index (χ2v) is 2.96. The molecule has 1 aromatic rings. The van der Waals surface area contributed by atoms with E-state index in [-0.39, 0.29) is 11.5 Å². The molecule has 1 aromatic carbocycles. The molecule has 0 radical (unpaired) electrons. The van der Waals surface area contributed by atoms with Gasteiger partial charge >= 0.3 is 0 Å². The van der Waals surface area contributed by atoms with Crippen molar-refractivity contribution in [3.63, 3.8) is 0 Å². The molecule has 1 rings (SSSR count). The van der Waals surface area contributed by atoms with Crippen LogP contribution in [0, 0.1) is 0 Å². The molecule has 4 heteroatoms. The third-order valence-corrected chi connectivity index (χ3v) is 2.14. The predicted octanol–water partition coefficient (Wildman–Crippen LogP) is 1.82. The molecule has 0 spiro atoms. The highest BCUT2D eigenvalue weighted by Gasteiger charge is 2.11.